The van der Waals surface area contributed by atoms with Crippen LogP contribution in [0.5, 0.6) is 0 Å². The maximum absolute atomic E-state index is 13.7. The highest BCUT2D eigenvalue weighted by Gasteiger charge is 2.20. The van der Waals surface area contributed by atoms with Crippen molar-refractivity contribution in [2.75, 3.05) is 18.5 Å². The second kappa shape index (κ2) is 5.83. The Hall–Kier alpha value is -1.92. The van der Waals surface area contributed by atoms with Crippen LogP contribution in [-0.4, -0.2) is 28.9 Å². The molecule has 21 heavy (non-hydrogen) atoms. The molecule has 7 heteroatoms. The molecule has 0 radical (unpaired) electrons. The summed E-state index contributed by atoms with van der Waals surface area (Å²) in [5, 5.41) is 6.85. The van der Waals surface area contributed by atoms with E-state index in [4.69, 9.17) is 16.3 Å². The van der Waals surface area contributed by atoms with Crippen molar-refractivity contribution in [2.45, 2.75) is 12.5 Å². The highest BCUT2D eigenvalue weighted by Crippen LogP contribution is 2.22. The first-order chi connectivity index (χ1) is 10.1. The second-order valence-corrected chi connectivity index (χ2v) is 5.18. The molecule has 2 heterocycles. The molecule has 0 aliphatic carbocycles. The predicted molar refractivity (Wildman–Crippen MR) is 76.1 cm³/mol. The number of benzene rings is 1. The largest absolute Gasteiger partial charge is 0.379 e. The number of amides is 1. The Morgan fingerprint density at radius 2 is 2.38 bits per heavy atom. The summed E-state index contributed by atoms with van der Waals surface area (Å²) in [5.41, 5.74) is 0.322. The number of nitrogens with zero attached hydrogens (tertiary/aromatic N) is 2. The first-order valence-corrected chi connectivity index (χ1v) is 6.90. The van der Waals surface area contributed by atoms with Crippen molar-refractivity contribution >= 4 is 23.2 Å². The van der Waals surface area contributed by atoms with Gasteiger partial charge in [-0.1, -0.05) is 17.7 Å². The molecule has 0 saturated carbocycles. The molecule has 1 N–H and O–H groups in total. The van der Waals surface area contributed by atoms with Gasteiger partial charge in [-0.3, -0.25) is 9.48 Å². The van der Waals surface area contributed by atoms with E-state index in [0.29, 0.717) is 18.9 Å². The lowest BCUT2D eigenvalue weighted by atomic mass is 10.2. The number of aromatic nitrogens is 2. The summed E-state index contributed by atoms with van der Waals surface area (Å²) in [5.74, 6) is -1.25. The zero-order valence-electron chi connectivity index (χ0n) is 11.1. The molecular weight excluding hydrogens is 297 g/mol. The highest BCUT2D eigenvalue weighted by molar-refractivity contribution is 6.34. The third kappa shape index (κ3) is 2.91. The average Bonchev–Trinajstić information content (AvgIpc) is 3.08. The minimum absolute atomic E-state index is 0.0732. The predicted octanol–water partition coefficient (Wildman–Crippen LogP) is 2.89. The van der Waals surface area contributed by atoms with E-state index in [9.17, 15) is 9.18 Å². The lowest BCUT2D eigenvalue weighted by molar-refractivity contribution is 0.102. The number of rotatable bonds is 3. The molecule has 3 rings (SSSR count). The Bertz CT molecular complexity index is 648. The van der Waals surface area contributed by atoms with Gasteiger partial charge < -0.3 is 10.1 Å². The topological polar surface area (TPSA) is 56.2 Å². The van der Waals surface area contributed by atoms with E-state index in [2.05, 4.69) is 10.4 Å². The molecule has 0 bridgehead atoms. The summed E-state index contributed by atoms with van der Waals surface area (Å²) < 4.78 is 20.7. The third-order valence-electron chi connectivity index (χ3n) is 3.33. The summed E-state index contributed by atoms with van der Waals surface area (Å²) in [6, 6.07) is 4.29. The Labute approximate surface area is 125 Å². The molecule has 1 atom stereocenters. The van der Waals surface area contributed by atoms with E-state index in [0.717, 1.165) is 6.42 Å². The smallest absolute Gasteiger partial charge is 0.260 e. The van der Waals surface area contributed by atoms with Crippen LogP contribution >= 0.6 is 11.6 Å². The minimum Gasteiger partial charge on any atom is -0.379 e. The van der Waals surface area contributed by atoms with E-state index >= 15 is 0 Å². The summed E-state index contributed by atoms with van der Waals surface area (Å²) in [4.78, 5) is 12.1. The molecule has 1 aromatic carbocycles. The van der Waals surface area contributed by atoms with Gasteiger partial charge in [-0.15, -0.1) is 0 Å². The van der Waals surface area contributed by atoms with Crippen LogP contribution in [0.25, 0.3) is 0 Å². The van der Waals surface area contributed by atoms with E-state index in [1.54, 1.807) is 10.9 Å². The molecule has 110 valence electrons. The Morgan fingerprint density at radius 3 is 3.10 bits per heavy atom. The summed E-state index contributed by atoms with van der Waals surface area (Å²) >= 11 is 5.86. The van der Waals surface area contributed by atoms with E-state index < -0.39 is 11.7 Å². The van der Waals surface area contributed by atoms with Gasteiger partial charge in [0.05, 0.1) is 35.1 Å². The number of carbonyl (C=O) groups is 1. The summed E-state index contributed by atoms with van der Waals surface area (Å²) in [6.45, 7) is 1.31. The lowest BCUT2D eigenvalue weighted by Crippen LogP contribution is -2.14. The van der Waals surface area contributed by atoms with Crippen LogP contribution in [0, 0.1) is 5.82 Å². The molecular formula is C14H13ClFN3O2. The average molecular weight is 310 g/mol. The van der Waals surface area contributed by atoms with Gasteiger partial charge >= 0.3 is 0 Å². The minimum atomic E-state index is -0.656. The number of nitrogens with one attached hydrogen (secondary N) is 1. The molecule has 2 aromatic rings. The molecule has 0 spiro atoms. The SMILES string of the molecule is O=C(Nc1cnn(C2CCOC2)c1)c1c(F)cccc1Cl. The first kappa shape index (κ1) is 14.0. The molecule has 5 nitrogen and oxygen atoms in total. The monoisotopic (exact) mass is 309 g/mol. The van der Waals surface area contributed by atoms with Crippen LogP contribution in [-0.2, 0) is 4.74 Å². The molecule has 1 aliphatic rings. The van der Waals surface area contributed by atoms with Gasteiger partial charge in [0.25, 0.3) is 5.91 Å². The van der Waals surface area contributed by atoms with Gasteiger partial charge in [-0.05, 0) is 18.6 Å². The zero-order chi connectivity index (χ0) is 14.8. The van der Waals surface area contributed by atoms with Crippen LogP contribution in [0.2, 0.25) is 5.02 Å². The number of carbonyl (C=O) groups excluding carboxylic acids is 1. The van der Waals surface area contributed by atoms with Gasteiger partial charge in [0.2, 0.25) is 0 Å². The van der Waals surface area contributed by atoms with Crippen molar-refractivity contribution in [1.82, 2.24) is 9.78 Å². The van der Waals surface area contributed by atoms with Crippen LogP contribution in [0.4, 0.5) is 10.1 Å². The van der Waals surface area contributed by atoms with E-state index in [1.807, 2.05) is 0 Å². The standard InChI is InChI=1S/C14H13ClFN3O2/c15-11-2-1-3-12(16)13(11)14(20)18-9-6-17-19(7-9)10-4-5-21-8-10/h1-3,6-7,10H,4-5,8H2,(H,18,20). The van der Waals surface area contributed by atoms with Crippen molar-refractivity contribution in [3.63, 3.8) is 0 Å². The van der Waals surface area contributed by atoms with Crippen molar-refractivity contribution in [3.8, 4) is 0 Å². The fourth-order valence-corrected chi connectivity index (χ4v) is 2.49. The molecule has 1 fully saturated rings. The number of hydrogen-bond acceptors (Lipinski definition) is 3. The summed E-state index contributed by atoms with van der Waals surface area (Å²) in [6.07, 6.45) is 4.10. The lowest BCUT2D eigenvalue weighted by Gasteiger charge is -2.07. The molecule has 1 aromatic heterocycles. The Morgan fingerprint density at radius 1 is 1.52 bits per heavy atom. The fourth-order valence-electron chi connectivity index (χ4n) is 2.24. The van der Waals surface area contributed by atoms with Crippen LogP contribution < -0.4 is 5.32 Å². The van der Waals surface area contributed by atoms with Gasteiger partial charge in [0.1, 0.15) is 5.82 Å². The second-order valence-electron chi connectivity index (χ2n) is 4.78. The van der Waals surface area contributed by atoms with Gasteiger partial charge in [0.15, 0.2) is 0 Å². The number of anilines is 1. The van der Waals surface area contributed by atoms with Gasteiger partial charge in [-0.25, -0.2) is 4.39 Å². The van der Waals surface area contributed by atoms with Crippen molar-refractivity contribution in [2.24, 2.45) is 0 Å². The van der Waals surface area contributed by atoms with Crippen LogP contribution in [0.1, 0.15) is 22.8 Å². The molecule has 1 amide bonds. The van der Waals surface area contributed by atoms with Crippen molar-refractivity contribution in [1.29, 1.82) is 0 Å². The molecule has 1 aliphatic heterocycles. The highest BCUT2D eigenvalue weighted by atomic mass is 35.5. The number of halogens is 2. The zero-order valence-corrected chi connectivity index (χ0v) is 11.8. The normalized spacial score (nSPS) is 17.9. The van der Waals surface area contributed by atoms with Crippen molar-refractivity contribution in [3.05, 3.63) is 47.0 Å². The van der Waals surface area contributed by atoms with Gasteiger partial charge in [-0.2, -0.15) is 5.10 Å². The van der Waals surface area contributed by atoms with Crippen LogP contribution in [0.3, 0.4) is 0 Å². The quantitative estimate of drug-likeness (QED) is 0.948. The first-order valence-electron chi connectivity index (χ1n) is 6.52. The number of hydrogen-bond donors (Lipinski definition) is 1. The maximum atomic E-state index is 13.7. The van der Waals surface area contributed by atoms with Crippen LogP contribution in [0.15, 0.2) is 30.6 Å². The molecule has 1 saturated heterocycles. The van der Waals surface area contributed by atoms with E-state index in [1.165, 1.54) is 24.4 Å². The third-order valence-corrected chi connectivity index (χ3v) is 3.64. The number of ether oxygens (including phenoxy) is 1. The maximum Gasteiger partial charge on any atom is 0.260 e. The Balaban J connectivity index is 1.76. The van der Waals surface area contributed by atoms with Crippen molar-refractivity contribution < 1.29 is 13.9 Å². The van der Waals surface area contributed by atoms with Gasteiger partial charge in [0, 0.05) is 12.8 Å². The van der Waals surface area contributed by atoms with E-state index in [-0.39, 0.29) is 16.6 Å². The fraction of sp³-hybridized carbons (Fsp3) is 0.286. The Kier molecular flexibility index (Phi) is 3.90. The molecule has 1 unspecified atom stereocenters. The summed E-state index contributed by atoms with van der Waals surface area (Å²) in [7, 11) is 0.